The van der Waals surface area contributed by atoms with Gasteiger partial charge in [-0.3, -0.25) is 0 Å². The molecule has 0 aromatic carbocycles. The highest BCUT2D eigenvalue weighted by Crippen LogP contribution is 1.96. The van der Waals surface area contributed by atoms with Gasteiger partial charge in [-0.2, -0.15) is 5.26 Å². The Balaban J connectivity index is 2.78. The zero-order valence-corrected chi connectivity index (χ0v) is 6.82. The quantitative estimate of drug-likeness (QED) is 0.464. The lowest BCUT2D eigenvalue weighted by Crippen LogP contribution is -1.82. The van der Waals surface area contributed by atoms with Gasteiger partial charge in [0.25, 0.3) is 0 Å². The molecule has 1 rings (SSSR count). The molecule has 1 aromatic heterocycles. The molecule has 1 heterocycles. The van der Waals surface area contributed by atoms with E-state index >= 15 is 0 Å². The van der Waals surface area contributed by atoms with E-state index in [0.717, 1.165) is 6.29 Å². The Hall–Kier alpha value is -2.13. The summed E-state index contributed by atoms with van der Waals surface area (Å²) in [4.78, 5) is 13.8. The number of aldehydes is 1. The van der Waals surface area contributed by atoms with Crippen molar-refractivity contribution in [3.05, 3.63) is 29.6 Å². The summed E-state index contributed by atoms with van der Waals surface area (Å²) in [5.74, 6) is 5.39. The first kappa shape index (κ1) is 8.96. The van der Waals surface area contributed by atoms with Crippen LogP contribution in [0.25, 0.3) is 0 Å². The molecule has 3 nitrogen and oxygen atoms in total. The van der Waals surface area contributed by atoms with Crippen LogP contribution in [0.5, 0.6) is 0 Å². The molecule has 1 aromatic rings. The van der Waals surface area contributed by atoms with Crippen molar-refractivity contribution in [2.45, 2.75) is 6.42 Å². The van der Waals surface area contributed by atoms with Gasteiger partial charge < -0.3 is 4.79 Å². The fourth-order valence-corrected chi connectivity index (χ4v) is 0.729. The van der Waals surface area contributed by atoms with Gasteiger partial charge in [-0.05, 0) is 12.1 Å². The van der Waals surface area contributed by atoms with E-state index in [0.29, 0.717) is 11.3 Å². The highest BCUT2D eigenvalue weighted by atomic mass is 16.1. The van der Waals surface area contributed by atoms with Crippen molar-refractivity contribution in [2.75, 3.05) is 0 Å². The van der Waals surface area contributed by atoms with E-state index in [1.54, 1.807) is 12.1 Å². The standard InChI is InChI=1S/C10H6N2O/c11-7-10-5-4-9(8-12-10)3-1-2-6-13/h4-6,8H,2H2. The van der Waals surface area contributed by atoms with Crippen LogP contribution in [0.3, 0.4) is 0 Å². The minimum Gasteiger partial charge on any atom is -0.302 e. The average Bonchev–Trinajstić information content (AvgIpc) is 2.19. The summed E-state index contributed by atoms with van der Waals surface area (Å²) in [6, 6.07) is 5.19. The predicted molar refractivity (Wildman–Crippen MR) is 46.5 cm³/mol. The maximum atomic E-state index is 9.93. The van der Waals surface area contributed by atoms with Gasteiger partial charge in [0, 0.05) is 11.8 Å². The third-order valence-corrected chi connectivity index (χ3v) is 1.30. The van der Waals surface area contributed by atoms with Gasteiger partial charge in [0.15, 0.2) is 0 Å². The van der Waals surface area contributed by atoms with Crippen molar-refractivity contribution in [3.63, 3.8) is 0 Å². The summed E-state index contributed by atoms with van der Waals surface area (Å²) in [6.45, 7) is 0. The fraction of sp³-hybridized carbons (Fsp3) is 0.100. The van der Waals surface area contributed by atoms with Crippen LogP contribution in [0, 0.1) is 23.2 Å². The number of pyridine rings is 1. The highest BCUT2D eigenvalue weighted by molar-refractivity contribution is 5.54. The molecule has 0 atom stereocenters. The smallest absolute Gasteiger partial charge is 0.140 e. The Kier molecular flexibility index (Phi) is 3.23. The summed E-state index contributed by atoms with van der Waals surface area (Å²) in [6.07, 6.45) is 2.47. The number of hydrogen-bond acceptors (Lipinski definition) is 3. The lowest BCUT2D eigenvalue weighted by atomic mass is 10.2. The molecule has 3 heteroatoms. The summed E-state index contributed by atoms with van der Waals surface area (Å²) in [5, 5.41) is 8.45. The SMILES string of the molecule is N#Cc1ccc(C#CCC=O)cn1. The first-order valence-corrected chi connectivity index (χ1v) is 3.65. The Labute approximate surface area is 76.0 Å². The van der Waals surface area contributed by atoms with E-state index in [4.69, 9.17) is 5.26 Å². The van der Waals surface area contributed by atoms with E-state index in [9.17, 15) is 4.79 Å². The lowest BCUT2D eigenvalue weighted by Gasteiger charge is -1.88. The normalized spacial score (nSPS) is 7.92. The second-order valence-electron chi connectivity index (χ2n) is 2.22. The molecule has 0 saturated heterocycles. The molecule has 62 valence electrons. The summed E-state index contributed by atoms with van der Waals surface area (Å²) in [7, 11) is 0. The Morgan fingerprint density at radius 2 is 2.38 bits per heavy atom. The molecule has 0 aliphatic rings. The topological polar surface area (TPSA) is 53.8 Å². The van der Waals surface area contributed by atoms with Gasteiger partial charge in [0.05, 0.1) is 6.42 Å². The number of nitriles is 1. The van der Waals surface area contributed by atoms with Crippen LogP contribution in [0.4, 0.5) is 0 Å². The van der Waals surface area contributed by atoms with Crippen LogP contribution in [-0.2, 0) is 4.79 Å². The number of nitrogens with zero attached hydrogens (tertiary/aromatic N) is 2. The summed E-state index contributed by atoms with van der Waals surface area (Å²) < 4.78 is 0. The third-order valence-electron chi connectivity index (χ3n) is 1.30. The molecule has 0 aliphatic carbocycles. The monoisotopic (exact) mass is 170 g/mol. The molecule has 0 amide bonds. The number of carbonyl (C=O) groups is 1. The number of hydrogen-bond donors (Lipinski definition) is 0. The van der Waals surface area contributed by atoms with Gasteiger partial charge in [0.1, 0.15) is 18.0 Å². The lowest BCUT2D eigenvalue weighted by molar-refractivity contribution is -0.107. The van der Waals surface area contributed by atoms with Crippen molar-refractivity contribution < 1.29 is 4.79 Å². The van der Waals surface area contributed by atoms with Crippen LogP contribution < -0.4 is 0 Å². The first-order chi connectivity index (χ1) is 6.36. The average molecular weight is 170 g/mol. The maximum absolute atomic E-state index is 9.93. The van der Waals surface area contributed by atoms with Gasteiger partial charge in [-0.25, -0.2) is 4.98 Å². The molecular weight excluding hydrogens is 164 g/mol. The van der Waals surface area contributed by atoms with Crippen LogP contribution in [0.2, 0.25) is 0 Å². The molecule has 0 fully saturated rings. The second kappa shape index (κ2) is 4.69. The predicted octanol–water partition coefficient (Wildman–Crippen LogP) is 0.894. The van der Waals surface area contributed by atoms with Gasteiger partial charge in [-0.15, -0.1) is 0 Å². The van der Waals surface area contributed by atoms with Gasteiger partial charge >= 0.3 is 0 Å². The zero-order chi connectivity index (χ0) is 9.52. The van der Waals surface area contributed by atoms with Gasteiger partial charge in [-0.1, -0.05) is 11.8 Å². The highest BCUT2D eigenvalue weighted by Gasteiger charge is 1.89. The molecular formula is C10H6N2O. The molecule has 13 heavy (non-hydrogen) atoms. The summed E-state index contributed by atoms with van der Waals surface area (Å²) >= 11 is 0. The molecule has 0 radical (unpaired) electrons. The van der Waals surface area contributed by atoms with Crippen molar-refractivity contribution in [2.24, 2.45) is 0 Å². The van der Waals surface area contributed by atoms with E-state index in [2.05, 4.69) is 16.8 Å². The van der Waals surface area contributed by atoms with Crippen LogP contribution >= 0.6 is 0 Å². The van der Waals surface area contributed by atoms with Crippen molar-refractivity contribution in [1.82, 2.24) is 4.98 Å². The molecule has 0 saturated carbocycles. The van der Waals surface area contributed by atoms with E-state index in [1.807, 2.05) is 6.07 Å². The van der Waals surface area contributed by atoms with Gasteiger partial charge in [0.2, 0.25) is 0 Å². The van der Waals surface area contributed by atoms with Crippen LogP contribution in [0.15, 0.2) is 18.3 Å². The molecule has 0 N–H and O–H groups in total. The van der Waals surface area contributed by atoms with Crippen molar-refractivity contribution in [3.8, 4) is 17.9 Å². The van der Waals surface area contributed by atoms with Crippen molar-refractivity contribution >= 4 is 6.29 Å². The number of rotatable bonds is 1. The van der Waals surface area contributed by atoms with E-state index < -0.39 is 0 Å². The Morgan fingerprint density at radius 1 is 1.54 bits per heavy atom. The minimum atomic E-state index is 0.222. The largest absolute Gasteiger partial charge is 0.302 e. The Bertz CT molecular complexity index is 390. The molecule has 0 spiro atoms. The molecule has 0 unspecified atom stereocenters. The number of aromatic nitrogens is 1. The minimum absolute atomic E-state index is 0.222. The number of carbonyl (C=O) groups excluding carboxylic acids is 1. The fourth-order valence-electron chi connectivity index (χ4n) is 0.729. The van der Waals surface area contributed by atoms with Crippen LogP contribution in [0.1, 0.15) is 17.7 Å². The Morgan fingerprint density at radius 3 is 2.92 bits per heavy atom. The van der Waals surface area contributed by atoms with Crippen LogP contribution in [-0.4, -0.2) is 11.3 Å². The maximum Gasteiger partial charge on any atom is 0.140 e. The van der Waals surface area contributed by atoms with E-state index in [-0.39, 0.29) is 6.42 Å². The third kappa shape index (κ3) is 2.76. The molecule has 0 aliphatic heterocycles. The second-order valence-corrected chi connectivity index (χ2v) is 2.22. The van der Waals surface area contributed by atoms with Crippen molar-refractivity contribution in [1.29, 1.82) is 5.26 Å². The first-order valence-electron chi connectivity index (χ1n) is 3.65. The zero-order valence-electron chi connectivity index (χ0n) is 6.82. The van der Waals surface area contributed by atoms with E-state index in [1.165, 1.54) is 6.20 Å². The summed E-state index contributed by atoms with van der Waals surface area (Å²) in [5.41, 5.74) is 1.07. The molecule has 0 bridgehead atoms.